The number of aryl methyl sites for hydroxylation is 1. The van der Waals surface area contributed by atoms with E-state index < -0.39 is 18.2 Å². The highest BCUT2D eigenvalue weighted by atomic mass is 19.1. The van der Waals surface area contributed by atoms with Gasteiger partial charge in [0.1, 0.15) is 12.0 Å². The third-order valence-corrected chi connectivity index (χ3v) is 5.96. The highest BCUT2D eigenvalue weighted by Gasteiger charge is 2.54. The van der Waals surface area contributed by atoms with Crippen LogP contribution >= 0.6 is 0 Å². The molecule has 9 heteroatoms. The second-order valence-corrected chi connectivity index (χ2v) is 7.96. The lowest BCUT2D eigenvalue weighted by Gasteiger charge is -2.40. The van der Waals surface area contributed by atoms with Crippen molar-refractivity contribution < 1.29 is 14.0 Å². The number of carbonyl (C=O) groups excluding carboxylic acids is 2. The molecule has 2 atom stereocenters. The first-order valence-corrected chi connectivity index (χ1v) is 9.94. The van der Waals surface area contributed by atoms with Crippen molar-refractivity contribution in [1.82, 2.24) is 24.6 Å². The Kier molecular flexibility index (Phi) is 4.28. The van der Waals surface area contributed by atoms with Gasteiger partial charge in [-0.2, -0.15) is 0 Å². The maximum absolute atomic E-state index is 13.5. The summed E-state index contributed by atoms with van der Waals surface area (Å²) < 4.78 is 15.3. The molecule has 1 aromatic heterocycles. The number of halogens is 1. The smallest absolute Gasteiger partial charge is 0.321 e. The molecule has 158 valence electrons. The van der Waals surface area contributed by atoms with Gasteiger partial charge in [-0.3, -0.25) is 14.3 Å². The number of fused-ring (bicyclic) bond motifs is 3. The third kappa shape index (κ3) is 2.88. The lowest BCUT2D eigenvalue weighted by molar-refractivity contribution is -0.133. The SMILES string of the molecule is Cc1ccc(CN2c3nnc(-c4ccc(F)cc4)n3C3C2C(=O)N(C)C(=O)N3C)cc1. The van der Waals surface area contributed by atoms with Gasteiger partial charge in [-0.1, -0.05) is 29.8 Å². The van der Waals surface area contributed by atoms with Crippen LogP contribution in [0.3, 0.4) is 0 Å². The van der Waals surface area contributed by atoms with Gasteiger partial charge in [-0.15, -0.1) is 10.2 Å². The van der Waals surface area contributed by atoms with Crippen LogP contribution in [0.5, 0.6) is 0 Å². The minimum atomic E-state index is -0.640. The molecule has 31 heavy (non-hydrogen) atoms. The number of carbonyl (C=O) groups is 2. The van der Waals surface area contributed by atoms with Crippen LogP contribution < -0.4 is 4.90 Å². The summed E-state index contributed by atoms with van der Waals surface area (Å²) in [5.41, 5.74) is 2.81. The van der Waals surface area contributed by atoms with Gasteiger partial charge in [0.25, 0.3) is 5.91 Å². The number of likely N-dealkylation sites (N-methyl/N-ethyl adjacent to an activating group) is 2. The number of rotatable bonds is 3. The van der Waals surface area contributed by atoms with Crippen LogP contribution in [0.4, 0.5) is 15.1 Å². The molecule has 0 aliphatic carbocycles. The van der Waals surface area contributed by atoms with Crippen LogP contribution in [-0.2, 0) is 11.3 Å². The number of hydrogen-bond acceptors (Lipinski definition) is 5. The van der Waals surface area contributed by atoms with Gasteiger partial charge in [-0.25, -0.2) is 9.18 Å². The van der Waals surface area contributed by atoms with Gasteiger partial charge in [0.05, 0.1) is 0 Å². The first-order valence-electron chi connectivity index (χ1n) is 9.94. The Bertz CT molecular complexity index is 1170. The summed E-state index contributed by atoms with van der Waals surface area (Å²) in [5, 5.41) is 8.69. The van der Waals surface area contributed by atoms with Crippen molar-refractivity contribution in [2.75, 3.05) is 19.0 Å². The predicted octanol–water partition coefficient (Wildman–Crippen LogP) is 2.80. The fraction of sp³-hybridized carbons (Fsp3) is 0.273. The average molecular weight is 420 g/mol. The minimum Gasteiger partial charge on any atom is -0.321 e. The van der Waals surface area contributed by atoms with E-state index in [1.54, 1.807) is 23.7 Å². The third-order valence-electron chi connectivity index (χ3n) is 5.96. The molecule has 0 saturated carbocycles. The molecule has 0 N–H and O–H groups in total. The van der Waals surface area contributed by atoms with Crippen LogP contribution in [0.25, 0.3) is 11.4 Å². The molecule has 1 fully saturated rings. The summed E-state index contributed by atoms with van der Waals surface area (Å²) in [7, 11) is 3.15. The molecule has 2 aliphatic rings. The van der Waals surface area contributed by atoms with Gasteiger partial charge >= 0.3 is 6.03 Å². The maximum Gasteiger partial charge on any atom is 0.327 e. The molecular formula is C22H21FN6O2. The van der Waals surface area contributed by atoms with Crippen LogP contribution in [0.15, 0.2) is 48.5 Å². The Balaban J connectivity index is 1.64. The molecule has 2 unspecified atom stereocenters. The van der Waals surface area contributed by atoms with Gasteiger partial charge in [-0.05, 0) is 36.8 Å². The quantitative estimate of drug-likeness (QED) is 0.652. The molecule has 3 aromatic rings. The maximum atomic E-state index is 13.5. The average Bonchev–Trinajstić information content (AvgIpc) is 3.32. The molecule has 2 aliphatic heterocycles. The van der Waals surface area contributed by atoms with E-state index in [2.05, 4.69) is 10.2 Å². The zero-order chi connectivity index (χ0) is 21.9. The van der Waals surface area contributed by atoms with E-state index in [-0.39, 0.29) is 11.7 Å². The van der Waals surface area contributed by atoms with Crippen molar-refractivity contribution in [3.63, 3.8) is 0 Å². The van der Waals surface area contributed by atoms with E-state index in [0.29, 0.717) is 23.9 Å². The van der Waals surface area contributed by atoms with E-state index in [9.17, 15) is 14.0 Å². The Morgan fingerprint density at radius 3 is 2.32 bits per heavy atom. The number of nitrogens with zero attached hydrogens (tertiary/aromatic N) is 6. The van der Waals surface area contributed by atoms with Crippen molar-refractivity contribution in [2.24, 2.45) is 0 Å². The van der Waals surface area contributed by atoms with E-state index in [1.165, 1.54) is 24.1 Å². The normalized spacial score (nSPS) is 20.3. The number of hydrogen-bond donors (Lipinski definition) is 0. The van der Waals surface area contributed by atoms with Crippen molar-refractivity contribution >= 4 is 17.9 Å². The molecule has 0 bridgehead atoms. The fourth-order valence-corrected chi connectivity index (χ4v) is 4.29. The molecule has 2 aromatic carbocycles. The first-order chi connectivity index (χ1) is 14.9. The van der Waals surface area contributed by atoms with E-state index in [4.69, 9.17) is 0 Å². The van der Waals surface area contributed by atoms with Gasteiger partial charge in [0.15, 0.2) is 11.9 Å². The molecule has 0 spiro atoms. The van der Waals surface area contributed by atoms with E-state index in [0.717, 1.165) is 16.0 Å². The lowest BCUT2D eigenvalue weighted by Crippen LogP contribution is -2.61. The van der Waals surface area contributed by atoms with Crippen LogP contribution in [0, 0.1) is 12.7 Å². The van der Waals surface area contributed by atoms with Crippen molar-refractivity contribution in [2.45, 2.75) is 25.7 Å². The number of aromatic nitrogens is 3. The molecule has 3 amide bonds. The molecule has 5 rings (SSSR count). The first kappa shape index (κ1) is 19.2. The zero-order valence-electron chi connectivity index (χ0n) is 17.4. The van der Waals surface area contributed by atoms with Crippen molar-refractivity contribution in [3.8, 4) is 11.4 Å². The highest BCUT2D eigenvalue weighted by Crippen LogP contribution is 2.42. The minimum absolute atomic E-state index is 0.296. The Morgan fingerprint density at radius 1 is 0.968 bits per heavy atom. The van der Waals surface area contributed by atoms with Gasteiger partial charge < -0.3 is 9.80 Å². The monoisotopic (exact) mass is 420 g/mol. The molecular weight excluding hydrogens is 399 g/mol. The van der Waals surface area contributed by atoms with E-state index >= 15 is 0 Å². The number of anilines is 1. The molecule has 3 heterocycles. The number of amides is 3. The molecule has 1 saturated heterocycles. The predicted molar refractivity (Wildman–Crippen MR) is 112 cm³/mol. The number of urea groups is 1. The Labute approximate surface area is 178 Å². The summed E-state index contributed by atoms with van der Waals surface area (Å²) in [6, 6.07) is 12.9. The van der Waals surface area contributed by atoms with Crippen LogP contribution in [0.2, 0.25) is 0 Å². The lowest BCUT2D eigenvalue weighted by atomic mass is 10.1. The Morgan fingerprint density at radius 2 is 1.65 bits per heavy atom. The fourth-order valence-electron chi connectivity index (χ4n) is 4.29. The molecule has 0 radical (unpaired) electrons. The number of imide groups is 1. The van der Waals surface area contributed by atoms with Gasteiger partial charge in [0.2, 0.25) is 5.95 Å². The van der Waals surface area contributed by atoms with E-state index in [1.807, 2.05) is 36.1 Å². The number of benzene rings is 2. The second-order valence-electron chi connectivity index (χ2n) is 7.96. The second kappa shape index (κ2) is 6.90. The van der Waals surface area contributed by atoms with Crippen LogP contribution in [0.1, 0.15) is 17.3 Å². The molecule has 8 nitrogen and oxygen atoms in total. The highest BCUT2D eigenvalue weighted by molar-refractivity contribution is 6.02. The summed E-state index contributed by atoms with van der Waals surface area (Å²) in [4.78, 5) is 30.5. The largest absolute Gasteiger partial charge is 0.327 e. The Hall–Kier alpha value is -3.75. The zero-order valence-corrected chi connectivity index (χ0v) is 17.4. The van der Waals surface area contributed by atoms with Crippen molar-refractivity contribution in [3.05, 3.63) is 65.5 Å². The summed E-state index contributed by atoms with van der Waals surface area (Å²) in [6.07, 6.45) is -0.605. The summed E-state index contributed by atoms with van der Waals surface area (Å²) >= 11 is 0. The topological polar surface area (TPSA) is 74.6 Å². The standard InChI is InChI=1S/C22H21FN6O2/c1-13-4-6-14(7-5-13)12-28-17-19(26(2)22(31)27(3)20(17)30)29-18(24-25-21(28)29)15-8-10-16(23)11-9-15/h4-11,17,19H,12H2,1-3H3. The summed E-state index contributed by atoms with van der Waals surface area (Å²) in [5.74, 6) is 0.327. The summed E-state index contributed by atoms with van der Waals surface area (Å²) in [6.45, 7) is 2.45. The van der Waals surface area contributed by atoms with Gasteiger partial charge in [0, 0.05) is 26.2 Å². The van der Waals surface area contributed by atoms with Crippen LogP contribution in [-0.4, -0.2) is 56.6 Å². The van der Waals surface area contributed by atoms with Crippen molar-refractivity contribution in [1.29, 1.82) is 0 Å².